The SMILES string of the molecule is CN(Cc1ccc2c(c1)ncn2C)CC(O)CCN. The molecule has 2 aromatic rings. The monoisotopic (exact) mass is 262 g/mol. The van der Waals surface area contributed by atoms with Gasteiger partial charge >= 0.3 is 0 Å². The van der Waals surface area contributed by atoms with Crippen molar-refractivity contribution in [2.45, 2.75) is 19.1 Å². The van der Waals surface area contributed by atoms with Gasteiger partial charge in [-0.15, -0.1) is 0 Å². The van der Waals surface area contributed by atoms with Crippen molar-refractivity contribution in [3.8, 4) is 0 Å². The van der Waals surface area contributed by atoms with Gasteiger partial charge in [0.05, 0.1) is 23.5 Å². The van der Waals surface area contributed by atoms with E-state index in [4.69, 9.17) is 5.73 Å². The van der Waals surface area contributed by atoms with Crippen LogP contribution in [0.15, 0.2) is 24.5 Å². The topological polar surface area (TPSA) is 67.3 Å². The quantitative estimate of drug-likeness (QED) is 0.805. The fraction of sp³-hybridized carbons (Fsp3) is 0.500. The van der Waals surface area contributed by atoms with Crippen LogP contribution in [0.5, 0.6) is 0 Å². The van der Waals surface area contributed by atoms with Crippen LogP contribution in [0.3, 0.4) is 0 Å². The van der Waals surface area contributed by atoms with E-state index in [1.165, 1.54) is 5.56 Å². The zero-order valence-electron chi connectivity index (χ0n) is 11.6. The van der Waals surface area contributed by atoms with Gasteiger partial charge in [-0.1, -0.05) is 6.07 Å². The summed E-state index contributed by atoms with van der Waals surface area (Å²) >= 11 is 0. The van der Waals surface area contributed by atoms with Gasteiger partial charge in [-0.3, -0.25) is 4.90 Å². The van der Waals surface area contributed by atoms with Gasteiger partial charge in [-0.25, -0.2) is 4.98 Å². The predicted octanol–water partition coefficient (Wildman–Crippen LogP) is 0.715. The van der Waals surface area contributed by atoms with Crippen molar-refractivity contribution in [1.29, 1.82) is 0 Å². The first-order chi connectivity index (χ1) is 9.10. The highest BCUT2D eigenvalue weighted by Gasteiger charge is 2.08. The Hall–Kier alpha value is -1.43. The third kappa shape index (κ3) is 3.53. The van der Waals surface area contributed by atoms with Gasteiger partial charge < -0.3 is 15.4 Å². The van der Waals surface area contributed by atoms with Gasteiger partial charge in [0.2, 0.25) is 0 Å². The molecular formula is C14H22N4O. The molecule has 0 spiro atoms. The third-order valence-corrected chi connectivity index (χ3v) is 3.26. The van der Waals surface area contributed by atoms with E-state index in [2.05, 4.69) is 28.1 Å². The van der Waals surface area contributed by atoms with Crippen LogP contribution >= 0.6 is 0 Å². The number of aryl methyl sites for hydroxylation is 1. The number of nitrogens with two attached hydrogens (primary N) is 1. The highest BCUT2D eigenvalue weighted by molar-refractivity contribution is 5.75. The van der Waals surface area contributed by atoms with Crippen LogP contribution in [-0.4, -0.2) is 45.8 Å². The van der Waals surface area contributed by atoms with Crippen molar-refractivity contribution in [3.63, 3.8) is 0 Å². The Kier molecular flexibility index (Phi) is 4.52. The van der Waals surface area contributed by atoms with Gasteiger partial charge in [0.15, 0.2) is 0 Å². The van der Waals surface area contributed by atoms with E-state index < -0.39 is 0 Å². The van der Waals surface area contributed by atoms with Crippen LogP contribution in [0.2, 0.25) is 0 Å². The van der Waals surface area contributed by atoms with Crippen LogP contribution in [0, 0.1) is 0 Å². The maximum Gasteiger partial charge on any atom is 0.0955 e. The van der Waals surface area contributed by atoms with E-state index in [0.717, 1.165) is 17.6 Å². The molecule has 2 rings (SSSR count). The molecule has 0 radical (unpaired) electrons. The maximum absolute atomic E-state index is 9.74. The normalized spacial score (nSPS) is 13.3. The molecule has 5 heteroatoms. The summed E-state index contributed by atoms with van der Waals surface area (Å²) < 4.78 is 2.01. The zero-order valence-corrected chi connectivity index (χ0v) is 11.6. The first-order valence-electron chi connectivity index (χ1n) is 6.57. The fourth-order valence-corrected chi connectivity index (χ4v) is 2.30. The van der Waals surface area contributed by atoms with E-state index in [1.54, 1.807) is 0 Å². The minimum Gasteiger partial charge on any atom is -0.392 e. The number of rotatable bonds is 6. The Morgan fingerprint density at radius 2 is 2.26 bits per heavy atom. The molecule has 1 aromatic carbocycles. The Balaban J connectivity index is 2.00. The minimum absolute atomic E-state index is 0.353. The lowest BCUT2D eigenvalue weighted by Gasteiger charge is -2.20. The lowest BCUT2D eigenvalue weighted by molar-refractivity contribution is 0.117. The van der Waals surface area contributed by atoms with Gasteiger partial charge in [0.25, 0.3) is 0 Å². The van der Waals surface area contributed by atoms with Crippen molar-refractivity contribution in [2.24, 2.45) is 12.8 Å². The molecule has 0 aliphatic rings. The van der Waals surface area contributed by atoms with E-state index in [1.807, 2.05) is 25.0 Å². The molecule has 5 nitrogen and oxygen atoms in total. The molecule has 0 saturated heterocycles. The van der Waals surface area contributed by atoms with E-state index >= 15 is 0 Å². The molecule has 1 unspecified atom stereocenters. The predicted molar refractivity (Wildman–Crippen MR) is 76.7 cm³/mol. The molecule has 104 valence electrons. The summed E-state index contributed by atoms with van der Waals surface area (Å²) in [5.74, 6) is 0. The molecule has 0 bridgehead atoms. The number of imidazole rings is 1. The average Bonchev–Trinajstić information content (AvgIpc) is 2.70. The summed E-state index contributed by atoms with van der Waals surface area (Å²) in [7, 11) is 3.99. The molecule has 1 atom stereocenters. The smallest absolute Gasteiger partial charge is 0.0955 e. The second kappa shape index (κ2) is 6.14. The Morgan fingerprint density at radius 1 is 1.47 bits per heavy atom. The largest absolute Gasteiger partial charge is 0.392 e. The molecule has 1 aromatic heterocycles. The standard InChI is InChI=1S/C14H22N4O/c1-17(9-12(19)5-6-15)8-11-3-4-14-13(7-11)16-10-18(14)2/h3-4,7,10,12,19H,5-6,8-9,15H2,1-2H3. The molecule has 0 fully saturated rings. The van der Waals surface area contributed by atoms with Gasteiger partial charge in [0.1, 0.15) is 0 Å². The Bertz CT molecular complexity index is 537. The van der Waals surface area contributed by atoms with Crippen LogP contribution < -0.4 is 5.73 Å². The highest BCUT2D eigenvalue weighted by atomic mass is 16.3. The summed E-state index contributed by atoms with van der Waals surface area (Å²) in [6.07, 6.45) is 2.11. The molecule has 3 N–H and O–H groups in total. The summed E-state index contributed by atoms with van der Waals surface area (Å²) in [6, 6.07) is 6.29. The first kappa shape index (κ1) is 14.0. The zero-order chi connectivity index (χ0) is 13.8. The number of aromatic nitrogens is 2. The average molecular weight is 262 g/mol. The molecule has 19 heavy (non-hydrogen) atoms. The summed E-state index contributed by atoms with van der Waals surface area (Å²) in [5.41, 5.74) is 8.78. The summed E-state index contributed by atoms with van der Waals surface area (Å²) in [5, 5.41) is 9.74. The number of aliphatic hydroxyl groups excluding tert-OH is 1. The molecule has 0 aliphatic heterocycles. The number of likely N-dealkylation sites (N-methyl/N-ethyl adjacent to an activating group) is 1. The number of hydrogen-bond donors (Lipinski definition) is 2. The Labute approximate surface area is 113 Å². The van der Waals surface area contributed by atoms with Crippen LogP contribution in [0.1, 0.15) is 12.0 Å². The van der Waals surface area contributed by atoms with E-state index in [9.17, 15) is 5.11 Å². The molecular weight excluding hydrogens is 240 g/mol. The van der Waals surface area contributed by atoms with Gasteiger partial charge in [-0.05, 0) is 37.7 Å². The number of fused-ring (bicyclic) bond motifs is 1. The number of nitrogens with zero attached hydrogens (tertiary/aromatic N) is 3. The van der Waals surface area contributed by atoms with Crippen LogP contribution in [-0.2, 0) is 13.6 Å². The van der Waals surface area contributed by atoms with Crippen LogP contribution in [0.4, 0.5) is 0 Å². The minimum atomic E-state index is -0.353. The van der Waals surface area contributed by atoms with E-state index in [-0.39, 0.29) is 6.10 Å². The summed E-state index contributed by atoms with van der Waals surface area (Å²) in [6.45, 7) is 1.96. The maximum atomic E-state index is 9.74. The van der Waals surface area contributed by atoms with Crippen molar-refractivity contribution in [3.05, 3.63) is 30.1 Å². The lowest BCUT2D eigenvalue weighted by Crippen LogP contribution is -2.30. The van der Waals surface area contributed by atoms with Crippen molar-refractivity contribution >= 4 is 11.0 Å². The van der Waals surface area contributed by atoms with Crippen molar-refractivity contribution < 1.29 is 5.11 Å². The number of hydrogen-bond acceptors (Lipinski definition) is 4. The molecule has 0 aliphatic carbocycles. The first-order valence-corrected chi connectivity index (χ1v) is 6.57. The molecule has 0 saturated carbocycles. The number of aliphatic hydroxyl groups is 1. The third-order valence-electron chi connectivity index (χ3n) is 3.26. The van der Waals surface area contributed by atoms with Crippen molar-refractivity contribution in [1.82, 2.24) is 14.5 Å². The van der Waals surface area contributed by atoms with E-state index in [0.29, 0.717) is 19.5 Å². The van der Waals surface area contributed by atoms with Gasteiger partial charge in [-0.2, -0.15) is 0 Å². The Morgan fingerprint density at radius 3 is 3.00 bits per heavy atom. The number of benzene rings is 1. The molecule has 0 amide bonds. The fourth-order valence-electron chi connectivity index (χ4n) is 2.30. The molecule has 1 heterocycles. The second-order valence-corrected chi connectivity index (χ2v) is 5.11. The van der Waals surface area contributed by atoms with Gasteiger partial charge in [0, 0.05) is 20.1 Å². The van der Waals surface area contributed by atoms with Crippen molar-refractivity contribution in [2.75, 3.05) is 20.1 Å². The second-order valence-electron chi connectivity index (χ2n) is 5.11. The highest BCUT2D eigenvalue weighted by Crippen LogP contribution is 2.15. The van der Waals surface area contributed by atoms with Crippen LogP contribution in [0.25, 0.3) is 11.0 Å². The summed E-state index contributed by atoms with van der Waals surface area (Å²) in [4.78, 5) is 6.46. The lowest BCUT2D eigenvalue weighted by atomic mass is 10.1.